The zero-order chi connectivity index (χ0) is 17.1. The average molecular weight is 345 g/mol. The molecule has 0 aliphatic carbocycles. The number of aromatic nitrogens is 2. The van der Waals surface area contributed by atoms with Gasteiger partial charge in [-0.1, -0.05) is 43.8 Å². The largest absolute Gasteiger partial charge is 0.457 e. The molecule has 3 N–H and O–H groups in total. The predicted molar refractivity (Wildman–Crippen MR) is 106 cm³/mol. The van der Waals surface area contributed by atoms with Gasteiger partial charge in [-0.05, 0) is 47.5 Å². The summed E-state index contributed by atoms with van der Waals surface area (Å²) in [4.78, 5) is 8.02. The minimum Gasteiger partial charge on any atom is -0.457 e. The lowest BCUT2D eigenvalue weighted by molar-refractivity contribution is 0.482. The standard InChI is InChI=1S/C21H19N3O.CH4/c22-14-16-8-11-19-20(12-16)24-21(23-19)13-15-6-9-18(10-7-15)25-17-4-2-1-3-5-17;/h1-12H,13-14,22H2,(H,23,24);1H4. The summed E-state index contributed by atoms with van der Waals surface area (Å²) in [6.07, 6.45) is 0.748. The summed E-state index contributed by atoms with van der Waals surface area (Å²) in [5.41, 5.74) is 9.97. The monoisotopic (exact) mass is 345 g/mol. The summed E-state index contributed by atoms with van der Waals surface area (Å²) >= 11 is 0. The van der Waals surface area contributed by atoms with Gasteiger partial charge < -0.3 is 15.5 Å². The van der Waals surface area contributed by atoms with Crippen LogP contribution in [-0.2, 0) is 13.0 Å². The quantitative estimate of drug-likeness (QED) is 0.532. The van der Waals surface area contributed by atoms with Gasteiger partial charge >= 0.3 is 0 Å². The van der Waals surface area contributed by atoms with Crippen LogP contribution in [-0.4, -0.2) is 9.97 Å². The van der Waals surface area contributed by atoms with Crippen LogP contribution >= 0.6 is 0 Å². The highest BCUT2D eigenvalue weighted by atomic mass is 16.5. The van der Waals surface area contributed by atoms with E-state index in [1.165, 1.54) is 5.56 Å². The van der Waals surface area contributed by atoms with Crippen LogP contribution in [0.5, 0.6) is 11.5 Å². The molecule has 0 radical (unpaired) electrons. The number of aromatic amines is 1. The van der Waals surface area contributed by atoms with Crippen LogP contribution in [0.1, 0.15) is 24.4 Å². The molecule has 0 bridgehead atoms. The molecule has 0 saturated heterocycles. The molecule has 4 rings (SSSR count). The van der Waals surface area contributed by atoms with E-state index in [0.717, 1.165) is 40.3 Å². The molecule has 1 aromatic heterocycles. The van der Waals surface area contributed by atoms with E-state index in [9.17, 15) is 0 Å². The first kappa shape index (κ1) is 17.7. The minimum atomic E-state index is 0. The lowest BCUT2D eigenvalue weighted by Gasteiger charge is -2.06. The van der Waals surface area contributed by atoms with E-state index in [4.69, 9.17) is 10.5 Å². The SMILES string of the molecule is C.NCc1ccc2nc(Cc3ccc(Oc4ccccc4)cc3)[nH]c2c1. The summed E-state index contributed by atoms with van der Waals surface area (Å²) in [6, 6.07) is 24.0. The molecule has 132 valence electrons. The van der Waals surface area contributed by atoms with E-state index in [2.05, 4.69) is 28.2 Å². The number of benzene rings is 3. The van der Waals surface area contributed by atoms with Crippen molar-refractivity contribution >= 4 is 11.0 Å². The Morgan fingerprint density at radius 2 is 1.54 bits per heavy atom. The van der Waals surface area contributed by atoms with Crippen molar-refractivity contribution in [3.8, 4) is 11.5 Å². The van der Waals surface area contributed by atoms with Crippen molar-refractivity contribution in [3.05, 3.63) is 89.7 Å². The Morgan fingerprint density at radius 1 is 0.846 bits per heavy atom. The van der Waals surface area contributed by atoms with Crippen molar-refractivity contribution in [2.24, 2.45) is 5.73 Å². The second-order valence-electron chi connectivity index (χ2n) is 5.97. The third kappa shape index (κ3) is 3.92. The summed E-state index contributed by atoms with van der Waals surface area (Å²) in [5, 5.41) is 0. The smallest absolute Gasteiger partial charge is 0.127 e. The number of H-pyrrole nitrogens is 1. The summed E-state index contributed by atoms with van der Waals surface area (Å²) < 4.78 is 5.82. The number of ether oxygens (including phenoxy) is 1. The molecule has 0 amide bonds. The molecule has 0 aliphatic rings. The van der Waals surface area contributed by atoms with E-state index in [1.807, 2.05) is 54.6 Å². The maximum atomic E-state index is 5.82. The van der Waals surface area contributed by atoms with Crippen LogP contribution in [0.3, 0.4) is 0 Å². The molecule has 26 heavy (non-hydrogen) atoms. The van der Waals surface area contributed by atoms with E-state index < -0.39 is 0 Å². The number of hydrogen-bond acceptors (Lipinski definition) is 3. The van der Waals surface area contributed by atoms with Gasteiger partial charge in [-0.15, -0.1) is 0 Å². The Balaban J connectivity index is 0.00000196. The van der Waals surface area contributed by atoms with Gasteiger partial charge in [0.2, 0.25) is 0 Å². The van der Waals surface area contributed by atoms with E-state index >= 15 is 0 Å². The maximum absolute atomic E-state index is 5.82. The molecule has 0 aliphatic heterocycles. The first-order valence-corrected chi connectivity index (χ1v) is 8.29. The first-order valence-electron chi connectivity index (χ1n) is 8.29. The summed E-state index contributed by atoms with van der Waals surface area (Å²) in [7, 11) is 0. The molecule has 0 spiro atoms. The van der Waals surface area contributed by atoms with Crippen LogP contribution < -0.4 is 10.5 Å². The second-order valence-corrected chi connectivity index (χ2v) is 5.97. The van der Waals surface area contributed by atoms with Crippen LogP contribution in [0.25, 0.3) is 11.0 Å². The fourth-order valence-corrected chi connectivity index (χ4v) is 2.81. The highest BCUT2D eigenvalue weighted by Crippen LogP contribution is 2.22. The molecule has 4 heteroatoms. The predicted octanol–water partition coefficient (Wildman–Crippen LogP) is 5.04. The number of nitrogens with zero attached hydrogens (tertiary/aromatic N) is 1. The highest BCUT2D eigenvalue weighted by molar-refractivity contribution is 5.76. The van der Waals surface area contributed by atoms with E-state index in [-0.39, 0.29) is 7.43 Å². The molecular weight excluding hydrogens is 322 g/mol. The molecule has 0 saturated carbocycles. The van der Waals surface area contributed by atoms with Gasteiger partial charge in [0.25, 0.3) is 0 Å². The zero-order valence-electron chi connectivity index (χ0n) is 13.8. The normalized spacial score (nSPS) is 10.5. The Labute approximate surface area is 153 Å². The van der Waals surface area contributed by atoms with Crippen LogP contribution in [0.15, 0.2) is 72.8 Å². The fraction of sp³-hybridized carbons (Fsp3) is 0.136. The number of rotatable bonds is 5. The zero-order valence-corrected chi connectivity index (χ0v) is 13.8. The Morgan fingerprint density at radius 3 is 2.27 bits per heavy atom. The molecule has 0 fully saturated rings. The average Bonchev–Trinajstić information content (AvgIpc) is 3.05. The van der Waals surface area contributed by atoms with Gasteiger partial charge in [0.15, 0.2) is 0 Å². The highest BCUT2D eigenvalue weighted by Gasteiger charge is 2.05. The third-order valence-electron chi connectivity index (χ3n) is 4.10. The number of nitrogens with two attached hydrogens (primary N) is 1. The number of hydrogen-bond donors (Lipinski definition) is 2. The Bertz CT molecular complexity index is 975. The third-order valence-corrected chi connectivity index (χ3v) is 4.10. The van der Waals surface area contributed by atoms with Gasteiger partial charge in [-0.2, -0.15) is 0 Å². The Hall–Kier alpha value is -3.11. The van der Waals surface area contributed by atoms with Crippen LogP contribution in [0.2, 0.25) is 0 Å². The van der Waals surface area contributed by atoms with Gasteiger partial charge in [0.05, 0.1) is 11.0 Å². The summed E-state index contributed by atoms with van der Waals surface area (Å²) in [6.45, 7) is 0.535. The summed E-state index contributed by atoms with van der Waals surface area (Å²) in [5.74, 6) is 2.61. The topological polar surface area (TPSA) is 63.9 Å². The fourth-order valence-electron chi connectivity index (χ4n) is 2.81. The van der Waals surface area contributed by atoms with Crippen molar-refractivity contribution in [3.63, 3.8) is 0 Å². The molecule has 4 aromatic rings. The van der Waals surface area contributed by atoms with Gasteiger partial charge in [-0.3, -0.25) is 0 Å². The van der Waals surface area contributed by atoms with Crippen molar-refractivity contribution in [2.75, 3.05) is 0 Å². The molecule has 3 aromatic carbocycles. The van der Waals surface area contributed by atoms with Gasteiger partial charge in [0.1, 0.15) is 17.3 Å². The second kappa shape index (κ2) is 7.85. The van der Waals surface area contributed by atoms with E-state index in [1.54, 1.807) is 0 Å². The number of nitrogens with one attached hydrogen (secondary N) is 1. The van der Waals surface area contributed by atoms with Crippen molar-refractivity contribution in [2.45, 2.75) is 20.4 Å². The first-order chi connectivity index (χ1) is 12.3. The lowest BCUT2D eigenvalue weighted by atomic mass is 10.1. The Kier molecular flexibility index (Phi) is 5.34. The van der Waals surface area contributed by atoms with Gasteiger partial charge in [-0.25, -0.2) is 4.98 Å². The maximum Gasteiger partial charge on any atom is 0.127 e. The van der Waals surface area contributed by atoms with Gasteiger partial charge in [0, 0.05) is 13.0 Å². The molecule has 4 nitrogen and oxygen atoms in total. The molecule has 0 unspecified atom stereocenters. The van der Waals surface area contributed by atoms with Crippen molar-refractivity contribution in [1.29, 1.82) is 0 Å². The van der Waals surface area contributed by atoms with E-state index in [0.29, 0.717) is 6.54 Å². The molecule has 0 atom stereocenters. The van der Waals surface area contributed by atoms with Crippen molar-refractivity contribution < 1.29 is 4.74 Å². The molecular formula is C22H23N3O. The number of para-hydroxylation sites is 1. The number of imidazole rings is 1. The van der Waals surface area contributed by atoms with Crippen LogP contribution in [0.4, 0.5) is 0 Å². The number of fused-ring (bicyclic) bond motifs is 1. The van der Waals surface area contributed by atoms with Crippen LogP contribution in [0, 0.1) is 0 Å². The van der Waals surface area contributed by atoms with Crippen molar-refractivity contribution in [1.82, 2.24) is 9.97 Å². The minimum absolute atomic E-state index is 0. The molecule has 1 heterocycles. The lowest BCUT2D eigenvalue weighted by Crippen LogP contribution is -1.95.